The molecule has 0 amide bonds. The molecule has 0 bridgehead atoms. The molecule has 0 radical (unpaired) electrons. The van der Waals surface area contributed by atoms with Gasteiger partial charge in [0.2, 0.25) is 0 Å². The predicted molar refractivity (Wildman–Crippen MR) is 71.8 cm³/mol. The number of H-pyrrole nitrogens is 1. The molecular formula is C12H6ClF3N2OS. The lowest BCUT2D eigenvalue weighted by molar-refractivity contribution is -0.137. The summed E-state index contributed by atoms with van der Waals surface area (Å²) in [7, 11) is 0. The normalized spacial score (nSPS) is 12.2. The summed E-state index contributed by atoms with van der Waals surface area (Å²) in [6.07, 6.45) is -4.45. The number of thiophene rings is 1. The van der Waals surface area contributed by atoms with Crippen LogP contribution in [0.15, 0.2) is 35.1 Å². The molecule has 0 saturated carbocycles. The quantitative estimate of drug-likeness (QED) is 0.722. The molecule has 0 spiro atoms. The maximum absolute atomic E-state index is 12.6. The molecule has 0 fully saturated rings. The van der Waals surface area contributed by atoms with Gasteiger partial charge in [0.15, 0.2) is 0 Å². The molecule has 2 aromatic heterocycles. The minimum atomic E-state index is -4.45. The molecule has 0 unspecified atom stereocenters. The zero-order chi connectivity index (χ0) is 14.5. The monoisotopic (exact) mass is 318 g/mol. The van der Waals surface area contributed by atoms with Gasteiger partial charge in [-0.1, -0.05) is 11.6 Å². The highest BCUT2D eigenvalue weighted by molar-refractivity contribution is 7.18. The Morgan fingerprint density at radius 1 is 1.20 bits per heavy atom. The van der Waals surface area contributed by atoms with Crippen LogP contribution in [0.1, 0.15) is 5.56 Å². The molecule has 1 aromatic carbocycles. The number of nitrogens with one attached hydrogen (secondary N) is 1. The third-order valence-corrected chi connectivity index (χ3v) is 4.01. The van der Waals surface area contributed by atoms with E-state index in [1.807, 2.05) is 0 Å². The Kier molecular flexibility index (Phi) is 2.91. The van der Waals surface area contributed by atoms with Crippen LogP contribution in [0.3, 0.4) is 0 Å². The van der Waals surface area contributed by atoms with E-state index in [-0.39, 0.29) is 5.52 Å². The molecule has 2 heterocycles. The molecule has 0 aliphatic heterocycles. The first-order valence-corrected chi connectivity index (χ1v) is 6.63. The Balaban J connectivity index is 2.25. The second kappa shape index (κ2) is 4.39. The number of hydrogen-bond donors (Lipinski definition) is 1. The van der Waals surface area contributed by atoms with Gasteiger partial charge in [-0.25, -0.2) is 4.79 Å². The first-order chi connectivity index (χ1) is 9.36. The highest BCUT2D eigenvalue weighted by Crippen LogP contribution is 2.32. The summed E-state index contributed by atoms with van der Waals surface area (Å²) >= 11 is 6.98. The van der Waals surface area contributed by atoms with Gasteiger partial charge in [-0.05, 0) is 30.3 Å². The molecule has 0 saturated heterocycles. The van der Waals surface area contributed by atoms with Crippen molar-refractivity contribution in [2.24, 2.45) is 0 Å². The fourth-order valence-electron chi connectivity index (χ4n) is 1.93. The molecule has 3 nitrogen and oxygen atoms in total. The van der Waals surface area contributed by atoms with E-state index in [0.717, 1.165) is 12.1 Å². The van der Waals surface area contributed by atoms with E-state index in [1.165, 1.54) is 22.0 Å². The molecule has 0 aliphatic carbocycles. The SMILES string of the molecule is O=c1[nH]c2cc(C(F)(F)F)ccc2n1-c1ccc(Cl)s1. The van der Waals surface area contributed by atoms with Crippen LogP contribution in [-0.4, -0.2) is 9.55 Å². The summed E-state index contributed by atoms with van der Waals surface area (Å²) in [4.78, 5) is 14.3. The van der Waals surface area contributed by atoms with E-state index < -0.39 is 17.4 Å². The van der Waals surface area contributed by atoms with Crippen LogP contribution in [-0.2, 0) is 6.18 Å². The van der Waals surface area contributed by atoms with Gasteiger partial charge in [0.25, 0.3) is 0 Å². The average molecular weight is 319 g/mol. The van der Waals surface area contributed by atoms with Crippen molar-refractivity contribution in [3.8, 4) is 5.00 Å². The van der Waals surface area contributed by atoms with Crippen LogP contribution in [0, 0.1) is 0 Å². The van der Waals surface area contributed by atoms with Crippen LogP contribution in [0.5, 0.6) is 0 Å². The minimum absolute atomic E-state index is 0.134. The Morgan fingerprint density at radius 3 is 2.55 bits per heavy atom. The van der Waals surface area contributed by atoms with Gasteiger partial charge >= 0.3 is 11.9 Å². The number of benzene rings is 1. The molecule has 3 aromatic rings. The number of aromatic amines is 1. The first-order valence-electron chi connectivity index (χ1n) is 5.44. The maximum atomic E-state index is 12.6. The van der Waals surface area contributed by atoms with Crippen molar-refractivity contribution in [1.29, 1.82) is 0 Å². The Morgan fingerprint density at radius 2 is 1.95 bits per heavy atom. The molecule has 104 valence electrons. The molecule has 1 N–H and O–H groups in total. The van der Waals surface area contributed by atoms with Crippen molar-refractivity contribution in [2.45, 2.75) is 6.18 Å². The van der Waals surface area contributed by atoms with Crippen LogP contribution in [0.25, 0.3) is 16.0 Å². The fraction of sp³-hybridized carbons (Fsp3) is 0.0833. The van der Waals surface area contributed by atoms with Crippen molar-refractivity contribution >= 4 is 34.0 Å². The number of halogens is 4. The molecule has 0 aliphatic rings. The molecule has 3 rings (SSSR count). The second-order valence-electron chi connectivity index (χ2n) is 4.07. The average Bonchev–Trinajstić information content (AvgIpc) is 2.89. The van der Waals surface area contributed by atoms with Crippen molar-refractivity contribution in [3.63, 3.8) is 0 Å². The third kappa shape index (κ3) is 2.12. The Hall–Kier alpha value is -1.73. The Bertz CT molecular complexity index is 846. The maximum Gasteiger partial charge on any atom is 0.416 e. The lowest BCUT2D eigenvalue weighted by Crippen LogP contribution is -2.13. The van der Waals surface area contributed by atoms with E-state index in [2.05, 4.69) is 4.98 Å². The minimum Gasteiger partial charge on any atom is -0.305 e. The topological polar surface area (TPSA) is 37.8 Å². The number of rotatable bonds is 1. The van der Waals surface area contributed by atoms with Crippen molar-refractivity contribution in [3.05, 3.63) is 50.7 Å². The highest BCUT2D eigenvalue weighted by Gasteiger charge is 2.31. The van der Waals surface area contributed by atoms with Crippen LogP contribution >= 0.6 is 22.9 Å². The number of aromatic nitrogens is 2. The standard InChI is InChI=1S/C12H6ClF3N2OS/c13-9-3-4-10(20-9)18-8-2-1-6(12(14,15)16)5-7(8)17-11(18)19/h1-5H,(H,17,19). The molecule has 8 heteroatoms. The summed E-state index contributed by atoms with van der Waals surface area (Å²) in [5, 5.41) is 0.547. The van der Waals surface area contributed by atoms with E-state index in [4.69, 9.17) is 11.6 Å². The van der Waals surface area contributed by atoms with E-state index in [0.29, 0.717) is 14.9 Å². The van der Waals surface area contributed by atoms with Gasteiger partial charge in [0, 0.05) is 0 Å². The number of nitrogens with zero attached hydrogens (tertiary/aromatic N) is 1. The van der Waals surface area contributed by atoms with Crippen LogP contribution in [0.4, 0.5) is 13.2 Å². The highest BCUT2D eigenvalue weighted by atomic mass is 35.5. The van der Waals surface area contributed by atoms with Crippen molar-refractivity contribution < 1.29 is 13.2 Å². The number of fused-ring (bicyclic) bond motifs is 1. The second-order valence-corrected chi connectivity index (χ2v) is 5.77. The van der Waals surface area contributed by atoms with Gasteiger partial charge < -0.3 is 4.98 Å². The smallest absolute Gasteiger partial charge is 0.305 e. The lowest BCUT2D eigenvalue weighted by atomic mass is 10.2. The van der Waals surface area contributed by atoms with Crippen molar-refractivity contribution in [1.82, 2.24) is 9.55 Å². The molecular weight excluding hydrogens is 313 g/mol. The van der Waals surface area contributed by atoms with Gasteiger partial charge in [-0.15, -0.1) is 11.3 Å². The van der Waals surface area contributed by atoms with Crippen LogP contribution < -0.4 is 5.69 Å². The van der Waals surface area contributed by atoms with Gasteiger partial charge in [-0.2, -0.15) is 13.2 Å². The summed E-state index contributed by atoms with van der Waals surface area (Å²) in [5.41, 5.74) is -0.795. The summed E-state index contributed by atoms with van der Waals surface area (Å²) in [6, 6.07) is 6.39. The fourth-order valence-corrected chi connectivity index (χ4v) is 2.98. The molecule has 0 atom stereocenters. The van der Waals surface area contributed by atoms with E-state index in [9.17, 15) is 18.0 Å². The van der Waals surface area contributed by atoms with E-state index >= 15 is 0 Å². The van der Waals surface area contributed by atoms with Gasteiger partial charge in [0.1, 0.15) is 5.00 Å². The summed E-state index contributed by atoms with van der Waals surface area (Å²) in [6.45, 7) is 0. The van der Waals surface area contributed by atoms with Crippen molar-refractivity contribution in [2.75, 3.05) is 0 Å². The van der Waals surface area contributed by atoms with E-state index in [1.54, 1.807) is 12.1 Å². The zero-order valence-electron chi connectivity index (χ0n) is 9.66. The number of hydrogen-bond acceptors (Lipinski definition) is 2. The number of alkyl halides is 3. The Labute approximate surface area is 119 Å². The number of imidazole rings is 1. The molecule has 20 heavy (non-hydrogen) atoms. The van der Waals surface area contributed by atoms with Gasteiger partial charge in [-0.3, -0.25) is 4.57 Å². The van der Waals surface area contributed by atoms with Crippen LogP contribution in [0.2, 0.25) is 4.34 Å². The zero-order valence-corrected chi connectivity index (χ0v) is 11.2. The summed E-state index contributed by atoms with van der Waals surface area (Å²) < 4.78 is 39.7. The van der Waals surface area contributed by atoms with Gasteiger partial charge in [0.05, 0.1) is 20.9 Å². The lowest BCUT2D eigenvalue weighted by Gasteiger charge is -2.06. The third-order valence-electron chi connectivity index (χ3n) is 2.79. The first kappa shape index (κ1) is 13.3. The largest absolute Gasteiger partial charge is 0.416 e. The predicted octanol–water partition coefficient (Wildman–Crippen LogP) is 4.05. The summed E-state index contributed by atoms with van der Waals surface area (Å²) in [5.74, 6) is 0.